The predicted molar refractivity (Wildman–Crippen MR) is 95.3 cm³/mol. The van der Waals surface area contributed by atoms with Crippen LogP contribution in [0.4, 0.5) is 4.79 Å². The van der Waals surface area contributed by atoms with Crippen LogP contribution in [0.3, 0.4) is 0 Å². The Hall–Kier alpha value is -1.62. The van der Waals surface area contributed by atoms with E-state index < -0.39 is 0 Å². The highest BCUT2D eigenvalue weighted by molar-refractivity contribution is 5.76. The third kappa shape index (κ3) is 3.02. The van der Waals surface area contributed by atoms with Crippen molar-refractivity contribution in [3.05, 3.63) is 23.4 Å². The van der Waals surface area contributed by atoms with Gasteiger partial charge in [-0.3, -0.25) is 0 Å². The third-order valence-electron chi connectivity index (χ3n) is 6.38. The number of rotatable bonds is 2. The van der Waals surface area contributed by atoms with Gasteiger partial charge in [-0.15, -0.1) is 0 Å². The predicted octanol–water partition coefficient (Wildman–Crippen LogP) is 1.67. The molecule has 3 heterocycles. The average Bonchev–Trinajstić information content (AvgIpc) is 3.15. The van der Waals surface area contributed by atoms with E-state index in [0.29, 0.717) is 11.3 Å². The van der Waals surface area contributed by atoms with Crippen molar-refractivity contribution in [2.45, 2.75) is 25.7 Å². The van der Waals surface area contributed by atoms with Crippen LogP contribution in [-0.4, -0.2) is 73.4 Å². The summed E-state index contributed by atoms with van der Waals surface area (Å²) in [6.45, 7) is 4.76. The highest BCUT2D eigenvalue weighted by Crippen LogP contribution is 2.58. The second-order valence-electron chi connectivity index (χ2n) is 8.08. The van der Waals surface area contributed by atoms with Crippen molar-refractivity contribution in [1.82, 2.24) is 15.1 Å². The first-order valence-electron chi connectivity index (χ1n) is 9.22. The van der Waals surface area contributed by atoms with E-state index in [-0.39, 0.29) is 6.03 Å². The summed E-state index contributed by atoms with van der Waals surface area (Å²) in [6, 6.07) is 0.103. The number of urea groups is 1. The van der Waals surface area contributed by atoms with E-state index in [2.05, 4.69) is 47.4 Å². The summed E-state index contributed by atoms with van der Waals surface area (Å²) >= 11 is 0. The van der Waals surface area contributed by atoms with Crippen molar-refractivity contribution in [1.29, 1.82) is 0 Å². The molecule has 1 spiro atoms. The van der Waals surface area contributed by atoms with Crippen LogP contribution in [0.1, 0.15) is 25.7 Å². The lowest BCUT2D eigenvalue weighted by Gasteiger charge is -2.30. The zero-order valence-corrected chi connectivity index (χ0v) is 14.9. The fourth-order valence-corrected chi connectivity index (χ4v) is 4.51. The van der Waals surface area contributed by atoms with Crippen LogP contribution in [-0.2, 0) is 0 Å². The zero-order valence-electron chi connectivity index (χ0n) is 14.9. The molecule has 130 valence electrons. The number of carbonyl (C=O) groups excluding carboxylic acids is 1. The van der Waals surface area contributed by atoms with E-state index in [0.717, 1.165) is 26.1 Å². The molecular formula is C19H29N4O+. The highest BCUT2D eigenvalue weighted by Gasteiger charge is 2.54. The van der Waals surface area contributed by atoms with Crippen LogP contribution in [0.2, 0.25) is 0 Å². The molecule has 1 saturated carbocycles. The molecule has 24 heavy (non-hydrogen) atoms. The van der Waals surface area contributed by atoms with E-state index in [4.69, 9.17) is 0 Å². The Morgan fingerprint density at radius 2 is 2.08 bits per heavy atom. The summed E-state index contributed by atoms with van der Waals surface area (Å²) in [5.74, 6) is 0.697. The second kappa shape index (κ2) is 6.03. The first-order valence-corrected chi connectivity index (χ1v) is 9.22. The number of hydrogen-bond acceptors (Lipinski definition) is 2. The second-order valence-corrected chi connectivity index (χ2v) is 8.08. The number of amides is 2. The minimum absolute atomic E-state index is 0.103. The maximum Gasteiger partial charge on any atom is 0.318 e. The Balaban J connectivity index is 1.29. The van der Waals surface area contributed by atoms with Gasteiger partial charge in [0, 0.05) is 25.1 Å². The van der Waals surface area contributed by atoms with Gasteiger partial charge in [0.15, 0.2) is 6.20 Å². The standard InChI is InChI=1S/C19H28N4O/c1-21-8-5-19(6-9-21)10-17(19)11-20-18(24)23-13-15-4-3-7-22(2)12-16(15)14-23/h4,7,12,17H,3,5-6,8-11,13-14H2,1-2H3/p+1. The number of nitrogens with one attached hydrogen (secondary N) is 1. The molecule has 1 atom stereocenters. The first-order chi connectivity index (χ1) is 11.6. The molecule has 5 nitrogen and oxygen atoms in total. The number of nitrogens with zero attached hydrogens (tertiary/aromatic N) is 3. The molecule has 5 heteroatoms. The molecule has 2 amide bonds. The van der Waals surface area contributed by atoms with Crippen molar-refractivity contribution in [3.63, 3.8) is 0 Å². The van der Waals surface area contributed by atoms with Crippen LogP contribution in [0.5, 0.6) is 0 Å². The first kappa shape index (κ1) is 15.9. The lowest BCUT2D eigenvalue weighted by Crippen LogP contribution is -2.40. The Morgan fingerprint density at radius 3 is 2.88 bits per heavy atom. The van der Waals surface area contributed by atoms with Gasteiger partial charge < -0.3 is 15.1 Å². The molecule has 3 aliphatic heterocycles. The van der Waals surface area contributed by atoms with Gasteiger partial charge in [0.05, 0.1) is 6.54 Å². The summed E-state index contributed by atoms with van der Waals surface area (Å²) in [5.41, 5.74) is 3.13. The highest BCUT2D eigenvalue weighted by atomic mass is 16.2. The van der Waals surface area contributed by atoms with E-state index in [1.165, 1.54) is 43.5 Å². The number of allylic oxidation sites excluding steroid dienone is 1. The summed E-state index contributed by atoms with van der Waals surface area (Å²) in [5, 5.41) is 3.20. The molecular weight excluding hydrogens is 300 g/mol. The van der Waals surface area contributed by atoms with Gasteiger partial charge in [-0.05, 0) is 56.3 Å². The van der Waals surface area contributed by atoms with Crippen LogP contribution in [0.15, 0.2) is 23.4 Å². The SMILES string of the molecule is CN1CCC2(CC1)CC2CNC(=O)N1CC2=CCC=[N+](C)C=C2C1. The van der Waals surface area contributed by atoms with Gasteiger partial charge >= 0.3 is 6.03 Å². The fraction of sp³-hybridized carbons (Fsp3) is 0.684. The molecule has 1 aliphatic carbocycles. The smallest absolute Gasteiger partial charge is 0.318 e. The van der Waals surface area contributed by atoms with Crippen LogP contribution < -0.4 is 5.32 Å². The van der Waals surface area contributed by atoms with Gasteiger partial charge in [0.2, 0.25) is 0 Å². The summed E-state index contributed by atoms with van der Waals surface area (Å²) in [6.07, 6.45) is 11.4. The van der Waals surface area contributed by atoms with E-state index in [9.17, 15) is 4.79 Å². The third-order valence-corrected chi connectivity index (χ3v) is 6.38. The van der Waals surface area contributed by atoms with Crippen molar-refractivity contribution in [2.75, 3.05) is 46.8 Å². The molecule has 1 N–H and O–H groups in total. The van der Waals surface area contributed by atoms with Crippen LogP contribution in [0, 0.1) is 11.3 Å². The number of piperidine rings is 1. The molecule has 1 unspecified atom stereocenters. The van der Waals surface area contributed by atoms with E-state index >= 15 is 0 Å². The Kier molecular flexibility index (Phi) is 3.99. The summed E-state index contributed by atoms with van der Waals surface area (Å²) in [7, 11) is 4.26. The lowest BCUT2D eigenvalue weighted by atomic mass is 9.91. The Morgan fingerprint density at radius 1 is 1.33 bits per heavy atom. The van der Waals surface area contributed by atoms with Crippen LogP contribution in [0.25, 0.3) is 0 Å². The largest absolute Gasteiger partial charge is 0.338 e. The number of fused-ring (bicyclic) bond motifs is 1. The van der Waals surface area contributed by atoms with Gasteiger partial charge in [0.1, 0.15) is 13.3 Å². The summed E-state index contributed by atoms with van der Waals surface area (Å²) in [4.78, 5) is 16.9. The molecule has 0 bridgehead atoms. The van der Waals surface area contributed by atoms with Crippen molar-refractivity contribution >= 4 is 12.2 Å². The molecule has 0 aromatic rings. The molecule has 3 fully saturated rings. The minimum Gasteiger partial charge on any atom is -0.338 e. The maximum atomic E-state index is 12.5. The van der Waals surface area contributed by atoms with Crippen LogP contribution >= 0.6 is 0 Å². The fourth-order valence-electron chi connectivity index (χ4n) is 4.51. The maximum absolute atomic E-state index is 12.5. The normalized spacial score (nSPS) is 28.7. The van der Waals surface area contributed by atoms with Crippen molar-refractivity contribution < 1.29 is 9.37 Å². The van der Waals surface area contributed by atoms with Gasteiger partial charge in [-0.25, -0.2) is 9.37 Å². The number of likely N-dealkylation sites (tertiary alicyclic amines) is 2. The average molecular weight is 329 g/mol. The molecule has 4 aliphatic rings. The zero-order chi connectivity index (χ0) is 16.7. The Bertz CT molecular complexity index is 625. The molecule has 4 rings (SSSR count). The van der Waals surface area contributed by atoms with E-state index in [1.54, 1.807) is 0 Å². The minimum atomic E-state index is 0.103. The molecule has 0 radical (unpaired) electrons. The topological polar surface area (TPSA) is 38.6 Å². The molecule has 2 saturated heterocycles. The summed E-state index contributed by atoms with van der Waals surface area (Å²) < 4.78 is 2.11. The monoisotopic (exact) mass is 329 g/mol. The van der Waals surface area contributed by atoms with Crippen molar-refractivity contribution in [3.8, 4) is 0 Å². The van der Waals surface area contributed by atoms with E-state index in [1.807, 2.05) is 4.90 Å². The number of hydrogen-bond donors (Lipinski definition) is 1. The molecule has 0 aromatic carbocycles. The number of carbonyl (C=O) groups is 1. The quantitative estimate of drug-likeness (QED) is 0.783. The van der Waals surface area contributed by atoms with Crippen molar-refractivity contribution in [2.24, 2.45) is 11.3 Å². The van der Waals surface area contributed by atoms with Gasteiger partial charge in [-0.1, -0.05) is 6.08 Å². The Labute approximate surface area is 144 Å². The lowest BCUT2D eigenvalue weighted by molar-refractivity contribution is -0.418. The van der Waals surface area contributed by atoms with Gasteiger partial charge in [0.25, 0.3) is 0 Å². The molecule has 0 aromatic heterocycles. The van der Waals surface area contributed by atoms with Gasteiger partial charge in [-0.2, -0.15) is 0 Å².